The Morgan fingerprint density at radius 1 is 1.04 bits per heavy atom. The Labute approximate surface area is 133 Å². The summed E-state index contributed by atoms with van der Waals surface area (Å²) in [5, 5.41) is 2.54. The van der Waals surface area contributed by atoms with Crippen LogP contribution in [0.2, 0.25) is 0 Å². The van der Waals surface area contributed by atoms with Gasteiger partial charge < -0.3 is 14.8 Å². The molecule has 6 heteroatoms. The van der Waals surface area contributed by atoms with E-state index in [4.69, 9.17) is 9.47 Å². The molecule has 0 atom stereocenters. The quantitative estimate of drug-likeness (QED) is 0.859. The van der Waals surface area contributed by atoms with Crippen LogP contribution in [-0.4, -0.2) is 25.9 Å². The number of anilines is 1. The summed E-state index contributed by atoms with van der Waals surface area (Å²) in [6, 6.07) is 8.66. The Morgan fingerprint density at radius 2 is 1.74 bits per heavy atom. The Kier molecular flexibility index (Phi) is 4.95. The zero-order chi connectivity index (χ0) is 17.0. The number of carbonyl (C=O) groups excluding carboxylic acids is 2. The predicted molar refractivity (Wildman–Crippen MR) is 83.9 cm³/mol. The van der Waals surface area contributed by atoms with E-state index in [1.165, 1.54) is 45.4 Å². The van der Waals surface area contributed by atoms with Crippen molar-refractivity contribution < 1.29 is 23.5 Å². The molecule has 0 heterocycles. The maximum Gasteiger partial charge on any atom is 0.258 e. The number of nitrogens with one attached hydrogen (secondary N) is 1. The van der Waals surface area contributed by atoms with Gasteiger partial charge in [0.15, 0.2) is 17.3 Å². The summed E-state index contributed by atoms with van der Waals surface area (Å²) < 4.78 is 24.0. The maximum absolute atomic E-state index is 13.7. The Morgan fingerprint density at radius 3 is 2.30 bits per heavy atom. The van der Waals surface area contributed by atoms with Gasteiger partial charge in [-0.05, 0) is 31.2 Å². The first-order chi connectivity index (χ1) is 11.0. The smallest absolute Gasteiger partial charge is 0.258 e. The van der Waals surface area contributed by atoms with Crippen LogP contribution in [0.15, 0.2) is 36.4 Å². The van der Waals surface area contributed by atoms with Crippen molar-refractivity contribution in [1.29, 1.82) is 0 Å². The molecule has 2 rings (SSSR count). The predicted octanol–water partition coefficient (Wildman–Crippen LogP) is 3.30. The number of Topliss-reactive ketones (excluding diaryl/α,β-unsaturated/α-hetero) is 1. The fourth-order valence-corrected chi connectivity index (χ4v) is 2.22. The Bertz CT molecular complexity index is 758. The van der Waals surface area contributed by atoms with Crippen molar-refractivity contribution in [3.8, 4) is 11.5 Å². The number of hydrogen-bond donors (Lipinski definition) is 1. The molecule has 23 heavy (non-hydrogen) atoms. The van der Waals surface area contributed by atoms with Crippen LogP contribution in [0, 0.1) is 5.82 Å². The summed E-state index contributed by atoms with van der Waals surface area (Å²) in [5.74, 6) is -1.04. The average Bonchev–Trinajstić information content (AvgIpc) is 2.54. The van der Waals surface area contributed by atoms with Gasteiger partial charge in [-0.15, -0.1) is 0 Å². The van der Waals surface area contributed by atoms with Crippen LogP contribution in [0.25, 0.3) is 0 Å². The average molecular weight is 317 g/mol. The molecule has 120 valence electrons. The second kappa shape index (κ2) is 6.91. The van der Waals surface area contributed by atoms with Crippen LogP contribution in [0.1, 0.15) is 27.6 Å². The summed E-state index contributed by atoms with van der Waals surface area (Å²) in [7, 11) is 2.84. The first-order valence-corrected chi connectivity index (χ1v) is 6.81. The van der Waals surface area contributed by atoms with Crippen LogP contribution in [0.5, 0.6) is 11.5 Å². The Balaban J connectivity index is 2.46. The molecular formula is C17H16FNO4. The van der Waals surface area contributed by atoms with Crippen molar-refractivity contribution in [1.82, 2.24) is 0 Å². The highest BCUT2D eigenvalue weighted by Gasteiger charge is 2.21. The van der Waals surface area contributed by atoms with Crippen molar-refractivity contribution in [2.75, 3.05) is 19.5 Å². The minimum Gasteiger partial charge on any atom is -0.493 e. The summed E-state index contributed by atoms with van der Waals surface area (Å²) in [4.78, 5) is 24.2. The van der Waals surface area contributed by atoms with E-state index in [0.717, 1.165) is 0 Å². The van der Waals surface area contributed by atoms with Crippen LogP contribution < -0.4 is 14.8 Å². The molecule has 0 aliphatic rings. The number of amides is 1. The second-order valence-corrected chi connectivity index (χ2v) is 4.71. The molecule has 0 aliphatic heterocycles. The molecule has 0 fully saturated rings. The molecule has 5 nitrogen and oxygen atoms in total. The number of hydrogen-bond acceptors (Lipinski definition) is 4. The number of ether oxygens (including phenoxy) is 2. The van der Waals surface area contributed by atoms with Crippen LogP contribution in [-0.2, 0) is 0 Å². The SMILES string of the molecule is COc1ccc(NC(=O)c2ccccc2F)c(C(C)=O)c1OC. The highest BCUT2D eigenvalue weighted by atomic mass is 19.1. The van der Waals surface area contributed by atoms with Gasteiger partial charge in [0, 0.05) is 0 Å². The number of methoxy groups -OCH3 is 2. The first-order valence-electron chi connectivity index (χ1n) is 6.81. The fraction of sp³-hybridized carbons (Fsp3) is 0.176. The molecule has 0 saturated carbocycles. The maximum atomic E-state index is 13.7. The third-order valence-electron chi connectivity index (χ3n) is 3.26. The van der Waals surface area contributed by atoms with Crippen molar-refractivity contribution in [2.45, 2.75) is 6.92 Å². The van der Waals surface area contributed by atoms with Crippen LogP contribution in [0.3, 0.4) is 0 Å². The molecule has 1 amide bonds. The van der Waals surface area contributed by atoms with Gasteiger partial charge in [0.1, 0.15) is 5.82 Å². The van der Waals surface area contributed by atoms with E-state index in [1.807, 2.05) is 0 Å². The van der Waals surface area contributed by atoms with E-state index in [1.54, 1.807) is 12.1 Å². The van der Waals surface area contributed by atoms with E-state index < -0.39 is 11.7 Å². The highest BCUT2D eigenvalue weighted by Crippen LogP contribution is 2.36. The lowest BCUT2D eigenvalue weighted by Gasteiger charge is -2.16. The third-order valence-corrected chi connectivity index (χ3v) is 3.26. The van der Waals surface area contributed by atoms with Crippen molar-refractivity contribution in [3.05, 3.63) is 53.3 Å². The van der Waals surface area contributed by atoms with E-state index in [9.17, 15) is 14.0 Å². The second-order valence-electron chi connectivity index (χ2n) is 4.71. The lowest BCUT2D eigenvalue weighted by molar-refractivity contribution is 0.101. The van der Waals surface area contributed by atoms with Gasteiger partial charge in [-0.1, -0.05) is 12.1 Å². The van der Waals surface area contributed by atoms with Gasteiger partial charge in [0.2, 0.25) is 0 Å². The largest absolute Gasteiger partial charge is 0.493 e. The lowest BCUT2D eigenvalue weighted by atomic mass is 10.1. The van der Waals surface area contributed by atoms with Gasteiger partial charge in [-0.3, -0.25) is 9.59 Å². The molecule has 0 saturated heterocycles. The molecule has 0 aromatic heterocycles. The number of halogens is 1. The molecule has 0 unspecified atom stereocenters. The van der Waals surface area contributed by atoms with Gasteiger partial charge in [0.05, 0.1) is 31.0 Å². The molecule has 2 aromatic carbocycles. The minimum absolute atomic E-state index is 0.114. The molecular weight excluding hydrogens is 301 g/mol. The molecule has 1 N–H and O–H groups in total. The van der Waals surface area contributed by atoms with Gasteiger partial charge >= 0.3 is 0 Å². The van der Waals surface area contributed by atoms with Crippen molar-refractivity contribution in [3.63, 3.8) is 0 Å². The summed E-state index contributed by atoms with van der Waals surface area (Å²) in [6.45, 7) is 1.34. The van der Waals surface area contributed by atoms with Crippen LogP contribution >= 0.6 is 0 Å². The van der Waals surface area contributed by atoms with E-state index in [2.05, 4.69) is 5.32 Å². The van der Waals surface area contributed by atoms with Crippen molar-refractivity contribution >= 4 is 17.4 Å². The summed E-state index contributed by atoms with van der Waals surface area (Å²) in [6.07, 6.45) is 0. The topological polar surface area (TPSA) is 64.6 Å². The number of rotatable bonds is 5. The highest BCUT2D eigenvalue weighted by molar-refractivity contribution is 6.10. The molecule has 0 spiro atoms. The van der Waals surface area contributed by atoms with Gasteiger partial charge in [0.25, 0.3) is 5.91 Å². The van der Waals surface area contributed by atoms with Gasteiger partial charge in [-0.25, -0.2) is 4.39 Å². The standard InChI is InChI=1S/C17H16FNO4/c1-10(20)15-13(8-9-14(22-2)16(15)23-3)19-17(21)11-6-4-5-7-12(11)18/h4-9H,1-3H3,(H,19,21). The molecule has 0 bridgehead atoms. The molecule has 2 aromatic rings. The zero-order valence-electron chi connectivity index (χ0n) is 13.0. The van der Waals surface area contributed by atoms with E-state index in [0.29, 0.717) is 5.75 Å². The minimum atomic E-state index is -0.655. The van der Waals surface area contributed by atoms with E-state index in [-0.39, 0.29) is 28.3 Å². The monoisotopic (exact) mass is 317 g/mol. The number of ketones is 1. The first kappa shape index (κ1) is 16.5. The van der Waals surface area contributed by atoms with Crippen LogP contribution in [0.4, 0.5) is 10.1 Å². The number of carbonyl (C=O) groups is 2. The third kappa shape index (κ3) is 3.31. The van der Waals surface area contributed by atoms with E-state index >= 15 is 0 Å². The normalized spacial score (nSPS) is 10.1. The van der Waals surface area contributed by atoms with Crippen molar-refractivity contribution in [2.24, 2.45) is 0 Å². The zero-order valence-corrected chi connectivity index (χ0v) is 13.0. The fourth-order valence-electron chi connectivity index (χ4n) is 2.22. The van der Waals surface area contributed by atoms with Gasteiger partial charge in [-0.2, -0.15) is 0 Å². The molecule has 0 aliphatic carbocycles. The Hall–Kier alpha value is -2.89. The summed E-state index contributed by atoms with van der Waals surface area (Å²) in [5.41, 5.74) is 0.275. The number of benzene rings is 2. The summed E-state index contributed by atoms with van der Waals surface area (Å²) >= 11 is 0. The molecule has 0 radical (unpaired) electrons. The lowest BCUT2D eigenvalue weighted by Crippen LogP contribution is -2.16.